The van der Waals surface area contributed by atoms with E-state index in [1.807, 2.05) is 0 Å². The molecular formula is C14H16N2O4. The van der Waals surface area contributed by atoms with Crippen molar-refractivity contribution in [2.45, 2.75) is 19.4 Å². The van der Waals surface area contributed by atoms with Gasteiger partial charge >= 0.3 is 5.97 Å². The Balaban J connectivity index is 2.65. The zero-order valence-electron chi connectivity index (χ0n) is 11.0. The fraction of sp³-hybridized carbons (Fsp3) is 0.214. The molecule has 0 saturated heterocycles. The number of carbonyl (C=O) groups excluding carboxylic acids is 2. The Hall–Kier alpha value is -2.63. The number of carbonyl (C=O) groups is 3. The number of nitrogens with one attached hydrogen (secondary N) is 1. The van der Waals surface area contributed by atoms with Gasteiger partial charge in [-0.25, -0.2) is 4.79 Å². The van der Waals surface area contributed by atoms with Crippen LogP contribution in [-0.2, 0) is 9.59 Å². The average molecular weight is 276 g/mol. The van der Waals surface area contributed by atoms with Crippen molar-refractivity contribution in [1.82, 2.24) is 5.32 Å². The van der Waals surface area contributed by atoms with Crippen molar-refractivity contribution in [3.63, 3.8) is 0 Å². The second kappa shape index (κ2) is 7.08. The Labute approximate surface area is 116 Å². The van der Waals surface area contributed by atoms with Crippen LogP contribution in [0.4, 0.5) is 0 Å². The molecule has 106 valence electrons. The first-order valence-corrected chi connectivity index (χ1v) is 6.05. The molecule has 0 aromatic heterocycles. The van der Waals surface area contributed by atoms with Gasteiger partial charge in [0.05, 0.1) is 0 Å². The maximum absolute atomic E-state index is 11.5. The van der Waals surface area contributed by atoms with E-state index < -0.39 is 23.8 Å². The van der Waals surface area contributed by atoms with Crippen LogP contribution < -0.4 is 11.1 Å². The first kappa shape index (κ1) is 15.4. The third kappa shape index (κ3) is 4.56. The number of rotatable bonds is 6. The monoisotopic (exact) mass is 276 g/mol. The highest BCUT2D eigenvalue weighted by atomic mass is 16.4. The van der Waals surface area contributed by atoms with Crippen LogP contribution in [0.1, 0.15) is 29.3 Å². The van der Waals surface area contributed by atoms with Gasteiger partial charge in [-0.1, -0.05) is 19.1 Å². The van der Waals surface area contributed by atoms with Crippen LogP contribution in [0.5, 0.6) is 0 Å². The molecule has 1 atom stereocenters. The molecule has 0 saturated carbocycles. The molecular weight excluding hydrogens is 260 g/mol. The van der Waals surface area contributed by atoms with Crippen molar-refractivity contribution >= 4 is 23.9 Å². The number of aliphatic carboxylic acids is 1. The van der Waals surface area contributed by atoms with Gasteiger partial charge in [0.15, 0.2) is 0 Å². The van der Waals surface area contributed by atoms with Gasteiger partial charge in [-0.2, -0.15) is 0 Å². The minimum atomic E-state index is -1.07. The van der Waals surface area contributed by atoms with Gasteiger partial charge in [-0.3, -0.25) is 9.59 Å². The Bertz CT molecular complexity index is 535. The Morgan fingerprint density at radius 3 is 2.35 bits per heavy atom. The summed E-state index contributed by atoms with van der Waals surface area (Å²) in [6, 6.07) is 5.47. The molecule has 0 fully saturated rings. The normalized spacial score (nSPS) is 12.1. The van der Waals surface area contributed by atoms with Crippen LogP contribution in [-0.4, -0.2) is 28.9 Å². The van der Waals surface area contributed by atoms with Crippen LogP contribution in [0.3, 0.4) is 0 Å². The fourth-order valence-corrected chi connectivity index (χ4v) is 1.49. The van der Waals surface area contributed by atoms with Gasteiger partial charge < -0.3 is 16.2 Å². The van der Waals surface area contributed by atoms with E-state index in [0.29, 0.717) is 17.5 Å². The van der Waals surface area contributed by atoms with E-state index in [4.69, 9.17) is 10.8 Å². The Kier molecular flexibility index (Phi) is 5.46. The molecule has 20 heavy (non-hydrogen) atoms. The number of hydrogen-bond acceptors (Lipinski definition) is 3. The molecule has 0 aliphatic carbocycles. The van der Waals surface area contributed by atoms with E-state index in [1.54, 1.807) is 31.2 Å². The second-order valence-electron chi connectivity index (χ2n) is 4.13. The standard InChI is InChI=1S/C14H16N2O4/c1-2-11(14(19)20)16-12(17)8-5-9-3-6-10(7-4-9)13(15)18/h3-8,11H,2H2,1H3,(H2,15,18)(H,16,17)(H,19,20)/b8-5+/t11-/m0/s1. The predicted molar refractivity (Wildman–Crippen MR) is 73.9 cm³/mol. The number of hydrogen-bond donors (Lipinski definition) is 3. The van der Waals surface area contributed by atoms with Crippen molar-refractivity contribution in [1.29, 1.82) is 0 Å². The zero-order chi connectivity index (χ0) is 15.1. The number of amides is 2. The van der Waals surface area contributed by atoms with Crippen molar-refractivity contribution in [2.75, 3.05) is 0 Å². The van der Waals surface area contributed by atoms with Crippen molar-refractivity contribution in [3.8, 4) is 0 Å². The minimum absolute atomic E-state index is 0.308. The molecule has 0 aliphatic heterocycles. The third-order valence-corrected chi connectivity index (χ3v) is 2.65. The van der Waals surface area contributed by atoms with Gasteiger partial charge in [0.2, 0.25) is 11.8 Å². The minimum Gasteiger partial charge on any atom is -0.480 e. The summed E-state index contributed by atoms with van der Waals surface area (Å²) in [5, 5.41) is 11.2. The number of benzene rings is 1. The third-order valence-electron chi connectivity index (χ3n) is 2.65. The zero-order valence-corrected chi connectivity index (χ0v) is 11.0. The molecule has 1 rings (SSSR count). The molecule has 0 unspecified atom stereocenters. The van der Waals surface area contributed by atoms with Crippen LogP contribution >= 0.6 is 0 Å². The fourth-order valence-electron chi connectivity index (χ4n) is 1.49. The lowest BCUT2D eigenvalue weighted by molar-refractivity contribution is -0.141. The predicted octanol–water partition coefficient (Wildman–Crippen LogP) is 0.778. The Morgan fingerprint density at radius 2 is 1.90 bits per heavy atom. The first-order valence-electron chi connectivity index (χ1n) is 6.05. The summed E-state index contributed by atoms with van der Waals surface area (Å²) in [5.74, 6) is -2.08. The molecule has 0 heterocycles. The first-order chi connectivity index (χ1) is 9.43. The molecule has 1 aromatic rings. The number of primary amides is 1. The molecule has 0 radical (unpaired) electrons. The van der Waals surface area contributed by atoms with E-state index in [-0.39, 0.29) is 0 Å². The van der Waals surface area contributed by atoms with Gasteiger partial charge in [-0.05, 0) is 30.2 Å². The summed E-state index contributed by atoms with van der Waals surface area (Å²) >= 11 is 0. The lowest BCUT2D eigenvalue weighted by Crippen LogP contribution is -2.39. The molecule has 0 aliphatic rings. The van der Waals surface area contributed by atoms with Gasteiger partial charge in [0.25, 0.3) is 0 Å². The molecule has 6 nitrogen and oxygen atoms in total. The average Bonchev–Trinajstić information content (AvgIpc) is 2.42. The van der Waals surface area contributed by atoms with E-state index in [9.17, 15) is 14.4 Å². The lowest BCUT2D eigenvalue weighted by Gasteiger charge is -2.09. The summed E-state index contributed by atoms with van der Waals surface area (Å²) in [6.45, 7) is 1.67. The van der Waals surface area contributed by atoms with Crippen LogP contribution in [0, 0.1) is 0 Å². The van der Waals surface area contributed by atoms with E-state index in [2.05, 4.69) is 5.32 Å². The maximum atomic E-state index is 11.5. The van der Waals surface area contributed by atoms with E-state index in [1.165, 1.54) is 12.2 Å². The summed E-state index contributed by atoms with van der Waals surface area (Å²) < 4.78 is 0. The maximum Gasteiger partial charge on any atom is 0.326 e. The van der Waals surface area contributed by atoms with Gasteiger partial charge in [-0.15, -0.1) is 0 Å². The van der Waals surface area contributed by atoms with Crippen molar-refractivity contribution in [3.05, 3.63) is 41.5 Å². The van der Waals surface area contributed by atoms with Crippen molar-refractivity contribution < 1.29 is 19.5 Å². The smallest absolute Gasteiger partial charge is 0.326 e. The summed E-state index contributed by atoms with van der Waals surface area (Å²) in [7, 11) is 0. The molecule has 0 spiro atoms. The summed E-state index contributed by atoms with van der Waals surface area (Å²) in [6.07, 6.45) is 3.07. The van der Waals surface area contributed by atoms with E-state index in [0.717, 1.165) is 0 Å². The topological polar surface area (TPSA) is 109 Å². The van der Waals surface area contributed by atoms with Crippen molar-refractivity contribution in [2.24, 2.45) is 5.73 Å². The van der Waals surface area contributed by atoms with Crippen LogP contribution in [0.15, 0.2) is 30.3 Å². The SMILES string of the molecule is CC[C@H](NC(=O)/C=C/c1ccc(C(N)=O)cc1)C(=O)O. The largest absolute Gasteiger partial charge is 0.480 e. The lowest BCUT2D eigenvalue weighted by atomic mass is 10.1. The highest BCUT2D eigenvalue weighted by Gasteiger charge is 2.15. The molecule has 4 N–H and O–H groups in total. The van der Waals surface area contributed by atoms with Crippen LogP contribution in [0.25, 0.3) is 6.08 Å². The number of carboxylic acids is 1. The summed E-state index contributed by atoms with van der Waals surface area (Å²) in [4.78, 5) is 33.2. The number of nitrogens with two attached hydrogens (primary N) is 1. The summed E-state index contributed by atoms with van der Waals surface area (Å²) in [5.41, 5.74) is 6.19. The van der Waals surface area contributed by atoms with Crippen LogP contribution in [0.2, 0.25) is 0 Å². The number of carboxylic acid groups (broad SMARTS) is 1. The molecule has 0 bridgehead atoms. The van der Waals surface area contributed by atoms with Gasteiger partial charge in [0, 0.05) is 11.6 Å². The van der Waals surface area contributed by atoms with Gasteiger partial charge in [0.1, 0.15) is 6.04 Å². The Morgan fingerprint density at radius 1 is 1.30 bits per heavy atom. The quantitative estimate of drug-likeness (QED) is 0.667. The second-order valence-corrected chi connectivity index (χ2v) is 4.13. The highest BCUT2D eigenvalue weighted by molar-refractivity contribution is 5.95. The molecule has 2 amide bonds. The molecule has 1 aromatic carbocycles. The van der Waals surface area contributed by atoms with E-state index >= 15 is 0 Å². The highest BCUT2D eigenvalue weighted by Crippen LogP contribution is 2.05. The molecule has 6 heteroatoms.